The summed E-state index contributed by atoms with van der Waals surface area (Å²) < 4.78 is 5.00. The van der Waals surface area contributed by atoms with Gasteiger partial charge in [0.15, 0.2) is 0 Å². The lowest BCUT2D eigenvalue weighted by atomic mass is 9.73. The van der Waals surface area contributed by atoms with Crippen molar-refractivity contribution in [3.63, 3.8) is 0 Å². The van der Waals surface area contributed by atoms with Crippen LogP contribution in [0.5, 0.6) is 5.75 Å². The summed E-state index contributed by atoms with van der Waals surface area (Å²) >= 11 is 0. The first-order valence-corrected chi connectivity index (χ1v) is 8.87. The van der Waals surface area contributed by atoms with E-state index in [0.29, 0.717) is 19.0 Å². The number of nitrogens with zero attached hydrogens (tertiary/aromatic N) is 2. The highest BCUT2D eigenvalue weighted by atomic mass is 16.6. The van der Waals surface area contributed by atoms with E-state index >= 15 is 0 Å². The molecule has 0 saturated carbocycles. The number of methoxy groups -OCH3 is 1. The lowest BCUT2D eigenvalue weighted by Gasteiger charge is -2.61. The molecular formula is C20H24N2O3. The van der Waals surface area contributed by atoms with Crippen molar-refractivity contribution in [1.29, 1.82) is 0 Å². The zero-order chi connectivity index (χ0) is 17.6. The van der Waals surface area contributed by atoms with Crippen LogP contribution in [-0.4, -0.2) is 41.0 Å². The summed E-state index contributed by atoms with van der Waals surface area (Å²) in [6, 6.07) is 7.12. The van der Waals surface area contributed by atoms with Crippen LogP contribution in [0.25, 0.3) is 10.9 Å². The Balaban J connectivity index is 1.73. The number of aromatic nitrogens is 1. The molecule has 3 aliphatic rings. The molecule has 5 rings (SSSR count). The third-order valence-corrected chi connectivity index (χ3v) is 6.12. The maximum atomic E-state index is 13.4. The van der Waals surface area contributed by atoms with Gasteiger partial charge < -0.3 is 19.7 Å². The minimum Gasteiger partial charge on any atom is -0.632 e. The Labute approximate surface area is 147 Å². The predicted molar refractivity (Wildman–Crippen MR) is 96.8 cm³/mol. The summed E-state index contributed by atoms with van der Waals surface area (Å²) in [7, 11) is 1.62. The molecule has 5 nitrogen and oxygen atoms in total. The maximum Gasteiger partial charge on any atom is 0.132 e. The van der Waals surface area contributed by atoms with Gasteiger partial charge in [-0.2, -0.15) is 0 Å². The number of quaternary nitrogens is 1. The Morgan fingerprint density at radius 1 is 1.44 bits per heavy atom. The van der Waals surface area contributed by atoms with Crippen molar-refractivity contribution >= 4 is 10.9 Å². The van der Waals surface area contributed by atoms with Crippen LogP contribution >= 0.6 is 0 Å². The highest BCUT2D eigenvalue weighted by Gasteiger charge is 2.49. The topological polar surface area (TPSA) is 65.4 Å². The number of hydrogen-bond donors (Lipinski definition) is 1. The van der Waals surface area contributed by atoms with Crippen molar-refractivity contribution in [3.05, 3.63) is 53.9 Å². The van der Waals surface area contributed by atoms with Gasteiger partial charge in [-0.15, -0.1) is 6.58 Å². The second kappa shape index (κ2) is 6.09. The van der Waals surface area contributed by atoms with Gasteiger partial charge in [0.25, 0.3) is 0 Å². The molecule has 132 valence electrons. The first-order valence-electron chi connectivity index (χ1n) is 8.87. The molecule has 0 unspecified atom stereocenters. The van der Waals surface area contributed by atoms with E-state index in [1.807, 2.05) is 30.3 Å². The quantitative estimate of drug-likeness (QED) is 0.527. The van der Waals surface area contributed by atoms with Gasteiger partial charge in [-0.05, 0) is 35.7 Å². The molecule has 0 amide bonds. The smallest absolute Gasteiger partial charge is 0.132 e. The highest BCUT2D eigenvalue weighted by Crippen LogP contribution is 2.46. The van der Waals surface area contributed by atoms with Crippen molar-refractivity contribution < 1.29 is 14.5 Å². The Morgan fingerprint density at radius 3 is 3.00 bits per heavy atom. The molecule has 3 saturated heterocycles. The lowest BCUT2D eigenvalue weighted by Crippen LogP contribution is -2.64. The van der Waals surface area contributed by atoms with Crippen LogP contribution in [0.2, 0.25) is 0 Å². The lowest BCUT2D eigenvalue weighted by molar-refractivity contribution is -0.929. The second-order valence-corrected chi connectivity index (χ2v) is 7.34. The molecule has 2 bridgehead atoms. The molecule has 1 aromatic carbocycles. The maximum absolute atomic E-state index is 13.4. The molecule has 1 N–H and O–H groups in total. The van der Waals surface area contributed by atoms with E-state index in [4.69, 9.17) is 4.74 Å². The highest BCUT2D eigenvalue weighted by molar-refractivity contribution is 5.83. The molecule has 0 radical (unpaired) electrons. The van der Waals surface area contributed by atoms with E-state index in [1.165, 1.54) is 0 Å². The van der Waals surface area contributed by atoms with Crippen LogP contribution < -0.4 is 4.74 Å². The van der Waals surface area contributed by atoms with Gasteiger partial charge >= 0.3 is 0 Å². The largest absolute Gasteiger partial charge is 0.632 e. The van der Waals surface area contributed by atoms with Gasteiger partial charge in [0, 0.05) is 30.3 Å². The Hall–Kier alpha value is -1.95. The summed E-state index contributed by atoms with van der Waals surface area (Å²) in [5, 5.41) is 25.4. The van der Waals surface area contributed by atoms with E-state index in [9.17, 15) is 10.3 Å². The number of fused-ring (bicyclic) bond motifs is 4. The molecule has 5 heteroatoms. The van der Waals surface area contributed by atoms with Gasteiger partial charge in [-0.1, -0.05) is 6.08 Å². The fourth-order valence-electron chi connectivity index (χ4n) is 4.68. The van der Waals surface area contributed by atoms with Crippen LogP contribution in [0.4, 0.5) is 0 Å². The standard InChI is InChI=1S/C20H24N2O3/c1-3-13-12-22(24)9-7-14(13)10-19(22)20(23)16-6-8-21-18-5-4-15(25-2)11-17(16)18/h3-6,8,11,13-14,19-20,23H,1,7,9-10,12H2,2H3/t13-,14-,19+,20-,22+/m0/s1. The average Bonchev–Trinajstić information content (AvgIpc) is 2.66. The molecule has 1 aromatic heterocycles. The fraction of sp³-hybridized carbons (Fsp3) is 0.450. The first-order chi connectivity index (χ1) is 12.1. The van der Waals surface area contributed by atoms with Crippen LogP contribution in [0.1, 0.15) is 24.5 Å². The molecule has 5 atom stereocenters. The molecule has 25 heavy (non-hydrogen) atoms. The minimum atomic E-state index is -0.802. The Kier molecular flexibility index (Phi) is 4.02. The molecule has 0 aliphatic carbocycles. The predicted octanol–water partition coefficient (Wildman–Crippen LogP) is 3.19. The van der Waals surface area contributed by atoms with Gasteiger partial charge in [0.1, 0.15) is 17.9 Å². The zero-order valence-electron chi connectivity index (χ0n) is 14.5. The normalized spacial score (nSPS) is 32.5. The number of ether oxygens (including phenoxy) is 1. The Morgan fingerprint density at radius 2 is 2.28 bits per heavy atom. The average molecular weight is 340 g/mol. The van der Waals surface area contributed by atoms with Gasteiger partial charge in [-0.25, -0.2) is 0 Å². The van der Waals surface area contributed by atoms with Crippen molar-refractivity contribution in [3.8, 4) is 5.75 Å². The van der Waals surface area contributed by atoms with Crippen molar-refractivity contribution in [2.75, 3.05) is 20.2 Å². The van der Waals surface area contributed by atoms with Crippen molar-refractivity contribution in [2.45, 2.75) is 25.0 Å². The SMILES string of the molecule is C=C[C@H]1C[N@+]2([O-])CC[C@H]1C[C@@H]2[C@@H](O)c1ccnc2ccc(OC)cc12. The van der Waals surface area contributed by atoms with Crippen LogP contribution in [0.3, 0.4) is 0 Å². The number of aliphatic hydroxyl groups excluding tert-OH is 1. The number of pyridine rings is 1. The van der Waals surface area contributed by atoms with E-state index in [-0.39, 0.29) is 16.6 Å². The summed E-state index contributed by atoms with van der Waals surface area (Å²) in [6.45, 7) is 5.01. The Bertz CT molecular complexity index is 809. The number of rotatable bonds is 4. The second-order valence-electron chi connectivity index (χ2n) is 7.34. The third-order valence-electron chi connectivity index (χ3n) is 6.12. The first kappa shape index (κ1) is 16.5. The molecule has 3 fully saturated rings. The summed E-state index contributed by atoms with van der Waals surface area (Å²) in [5.41, 5.74) is 1.57. The monoisotopic (exact) mass is 340 g/mol. The van der Waals surface area contributed by atoms with Gasteiger partial charge in [-0.3, -0.25) is 4.98 Å². The molecular weight excluding hydrogens is 316 g/mol. The number of piperidine rings is 3. The zero-order valence-corrected chi connectivity index (χ0v) is 14.5. The van der Waals surface area contributed by atoms with E-state index in [1.54, 1.807) is 13.3 Å². The number of hydroxylamine groups is 3. The molecule has 2 aromatic rings. The molecule has 4 heterocycles. The van der Waals surface area contributed by atoms with E-state index < -0.39 is 6.10 Å². The van der Waals surface area contributed by atoms with Crippen LogP contribution in [0.15, 0.2) is 43.1 Å². The number of benzene rings is 1. The van der Waals surface area contributed by atoms with Crippen molar-refractivity contribution in [1.82, 2.24) is 4.98 Å². The molecule has 0 spiro atoms. The minimum absolute atomic E-state index is 0.268. The van der Waals surface area contributed by atoms with E-state index in [2.05, 4.69) is 11.6 Å². The number of aliphatic hydroxyl groups is 1. The summed E-state index contributed by atoms with van der Waals surface area (Å²) in [5.74, 6) is 1.44. The summed E-state index contributed by atoms with van der Waals surface area (Å²) in [4.78, 5) is 4.37. The summed E-state index contributed by atoms with van der Waals surface area (Å²) in [6.07, 6.45) is 4.49. The van der Waals surface area contributed by atoms with Crippen LogP contribution in [0, 0.1) is 17.0 Å². The van der Waals surface area contributed by atoms with Gasteiger partial charge in [0.2, 0.25) is 0 Å². The van der Waals surface area contributed by atoms with Gasteiger partial charge in [0.05, 0.1) is 25.7 Å². The van der Waals surface area contributed by atoms with E-state index in [0.717, 1.165) is 35.1 Å². The number of hydrogen-bond acceptors (Lipinski definition) is 4. The van der Waals surface area contributed by atoms with Crippen molar-refractivity contribution in [2.24, 2.45) is 11.8 Å². The molecule has 3 aliphatic heterocycles. The fourth-order valence-corrected chi connectivity index (χ4v) is 4.68. The van der Waals surface area contributed by atoms with Crippen LogP contribution in [-0.2, 0) is 0 Å². The third kappa shape index (κ3) is 2.63.